The third-order valence-corrected chi connectivity index (χ3v) is 3.75. The summed E-state index contributed by atoms with van der Waals surface area (Å²) in [5.41, 5.74) is 6.21. The Morgan fingerprint density at radius 1 is 1.47 bits per heavy atom. The first kappa shape index (κ1) is 15.3. The Morgan fingerprint density at radius 2 is 2.11 bits per heavy atom. The van der Waals surface area contributed by atoms with E-state index in [9.17, 15) is 9.90 Å². The van der Waals surface area contributed by atoms with E-state index in [1.54, 1.807) is 25.3 Å². The molecule has 106 valence electrons. The molecule has 0 amide bonds. The van der Waals surface area contributed by atoms with E-state index in [0.717, 1.165) is 6.42 Å². The molecule has 0 aliphatic heterocycles. The number of rotatable bonds is 6. The van der Waals surface area contributed by atoms with Crippen LogP contribution in [-0.4, -0.2) is 18.2 Å². The molecule has 0 heterocycles. The van der Waals surface area contributed by atoms with Gasteiger partial charge in [0.2, 0.25) is 0 Å². The number of nitrogens with two attached hydrogens (primary N) is 1. The van der Waals surface area contributed by atoms with Gasteiger partial charge in [0.25, 0.3) is 0 Å². The second-order valence-corrected chi connectivity index (χ2v) is 5.13. The van der Waals surface area contributed by atoms with Crippen LogP contribution in [-0.2, 0) is 10.2 Å². The molecule has 3 N–H and O–H groups in total. The average molecular weight is 265 g/mol. The molecule has 0 aromatic heterocycles. The molecule has 4 heteroatoms. The largest absolute Gasteiger partial charge is 0.497 e. The van der Waals surface area contributed by atoms with Gasteiger partial charge in [-0.2, -0.15) is 0 Å². The van der Waals surface area contributed by atoms with Crippen LogP contribution in [0.15, 0.2) is 18.2 Å². The van der Waals surface area contributed by atoms with Crippen LogP contribution in [0.5, 0.6) is 5.75 Å². The third kappa shape index (κ3) is 2.67. The van der Waals surface area contributed by atoms with Gasteiger partial charge in [-0.1, -0.05) is 27.2 Å². The molecule has 0 bridgehead atoms. The van der Waals surface area contributed by atoms with E-state index in [1.165, 1.54) is 0 Å². The van der Waals surface area contributed by atoms with Crippen LogP contribution in [0.2, 0.25) is 0 Å². The molecule has 0 radical (unpaired) electrons. The molecule has 0 saturated heterocycles. The molecule has 1 aromatic rings. The predicted octanol–water partition coefficient (Wildman–Crippen LogP) is 3.06. The number of methoxy groups -OCH3 is 1. The molecule has 1 aromatic carbocycles. The summed E-state index contributed by atoms with van der Waals surface area (Å²) in [6.45, 7) is 5.82. The lowest BCUT2D eigenvalue weighted by atomic mass is 9.68. The van der Waals surface area contributed by atoms with Crippen LogP contribution >= 0.6 is 0 Å². The summed E-state index contributed by atoms with van der Waals surface area (Å²) in [6, 6.07) is 5.21. The van der Waals surface area contributed by atoms with Crippen molar-refractivity contribution in [1.29, 1.82) is 0 Å². The fourth-order valence-electron chi connectivity index (χ4n) is 2.65. The Kier molecular flexibility index (Phi) is 4.81. The number of carboxylic acids is 1. The number of carbonyl (C=O) groups is 1. The molecule has 0 saturated carbocycles. The Morgan fingerprint density at radius 3 is 2.53 bits per heavy atom. The molecule has 0 fully saturated rings. The monoisotopic (exact) mass is 265 g/mol. The van der Waals surface area contributed by atoms with Crippen molar-refractivity contribution in [1.82, 2.24) is 0 Å². The van der Waals surface area contributed by atoms with Crippen LogP contribution in [0.4, 0.5) is 5.69 Å². The minimum absolute atomic E-state index is 0.0562. The number of aliphatic carboxylic acids is 1. The van der Waals surface area contributed by atoms with Crippen molar-refractivity contribution < 1.29 is 14.6 Å². The standard InChI is InChI=1S/C15H23NO3/c1-5-8-15(10(2)3,14(17)18)12-9-11(19-4)6-7-13(12)16/h6-7,9-10H,5,8,16H2,1-4H3,(H,17,18). The van der Waals surface area contributed by atoms with Gasteiger partial charge >= 0.3 is 5.97 Å². The highest BCUT2D eigenvalue weighted by atomic mass is 16.5. The zero-order valence-electron chi connectivity index (χ0n) is 12.1. The number of ether oxygens (including phenoxy) is 1. The molecular formula is C15H23NO3. The van der Waals surface area contributed by atoms with Gasteiger partial charge in [0.05, 0.1) is 12.5 Å². The lowest BCUT2D eigenvalue weighted by Gasteiger charge is -2.35. The van der Waals surface area contributed by atoms with E-state index >= 15 is 0 Å². The molecule has 1 atom stereocenters. The SMILES string of the molecule is CCCC(C(=O)O)(c1cc(OC)ccc1N)C(C)C. The Hall–Kier alpha value is -1.71. The highest BCUT2D eigenvalue weighted by Gasteiger charge is 2.44. The molecular weight excluding hydrogens is 242 g/mol. The van der Waals surface area contributed by atoms with E-state index in [4.69, 9.17) is 10.5 Å². The van der Waals surface area contributed by atoms with Gasteiger partial charge in [-0.15, -0.1) is 0 Å². The number of hydrogen-bond acceptors (Lipinski definition) is 3. The molecule has 19 heavy (non-hydrogen) atoms. The fourth-order valence-corrected chi connectivity index (χ4v) is 2.65. The number of nitrogen functional groups attached to an aromatic ring is 1. The van der Waals surface area contributed by atoms with Crippen molar-refractivity contribution >= 4 is 11.7 Å². The number of anilines is 1. The highest BCUT2D eigenvalue weighted by Crippen LogP contribution is 2.41. The maximum atomic E-state index is 11.9. The topological polar surface area (TPSA) is 72.5 Å². The first-order valence-electron chi connectivity index (χ1n) is 6.57. The first-order chi connectivity index (χ1) is 8.90. The second kappa shape index (κ2) is 5.95. The van der Waals surface area contributed by atoms with Crippen molar-refractivity contribution in [2.24, 2.45) is 5.92 Å². The summed E-state index contributed by atoms with van der Waals surface area (Å²) in [6.07, 6.45) is 1.33. The van der Waals surface area contributed by atoms with Gasteiger partial charge < -0.3 is 15.6 Å². The third-order valence-electron chi connectivity index (χ3n) is 3.75. The Bertz CT molecular complexity index is 457. The van der Waals surface area contributed by atoms with E-state index in [2.05, 4.69) is 0 Å². The van der Waals surface area contributed by atoms with E-state index in [-0.39, 0.29) is 5.92 Å². The van der Waals surface area contributed by atoms with Crippen molar-refractivity contribution in [3.8, 4) is 5.75 Å². The average Bonchev–Trinajstić information content (AvgIpc) is 2.36. The smallest absolute Gasteiger partial charge is 0.314 e. The van der Waals surface area contributed by atoms with Gasteiger partial charge in [0.15, 0.2) is 0 Å². The number of hydrogen-bond donors (Lipinski definition) is 2. The minimum atomic E-state index is -0.965. The van der Waals surface area contributed by atoms with Gasteiger partial charge in [-0.05, 0) is 36.1 Å². The predicted molar refractivity (Wildman–Crippen MR) is 76.5 cm³/mol. The van der Waals surface area contributed by atoms with Crippen LogP contribution in [0.3, 0.4) is 0 Å². The molecule has 1 rings (SSSR count). The van der Waals surface area contributed by atoms with Gasteiger partial charge in [0.1, 0.15) is 5.75 Å². The van der Waals surface area contributed by atoms with Crippen LogP contribution < -0.4 is 10.5 Å². The molecule has 0 aliphatic rings. The number of benzene rings is 1. The van der Waals surface area contributed by atoms with Crippen molar-refractivity contribution in [3.05, 3.63) is 23.8 Å². The van der Waals surface area contributed by atoms with Crippen LogP contribution in [0, 0.1) is 5.92 Å². The van der Waals surface area contributed by atoms with E-state index in [0.29, 0.717) is 23.4 Å². The lowest BCUT2D eigenvalue weighted by Crippen LogP contribution is -2.41. The fraction of sp³-hybridized carbons (Fsp3) is 0.533. The molecule has 0 spiro atoms. The summed E-state index contributed by atoms with van der Waals surface area (Å²) in [7, 11) is 1.56. The number of carboxylic acid groups (broad SMARTS) is 1. The Labute approximate surface area is 114 Å². The molecule has 0 aliphatic carbocycles. The van der Waals surface area contributed by atoms with Gasteiger partial charge in [-0.25, -0.2) is 0 Å². The van der Waals surface area contributed by atoms with Crippen molar-refractivity contribution in [3.63, 3.8) is 0 Å². The highest BCUT2D eigenvalue weighted by molar-refractivity contribution is 5.84. The summed E-state index contributed by atoms with van der Waals surface area (Å²) < 4.78 is 5.19. The van der Waals surface area contributed by atoms with E-state index in [1.807, 2.05) is 20.8 Å². The summed E-state index contributed by atoms with van der Waals surface area (Å²) in [5.74, 6) is -0.254. The second-order valence-electron chi connectivity index (χ2n) is 5.13. The molecule has 1 unspecified atom stereocenters. The quantitative estimate of drug-likeness (QED) is 0.775. The maximum Gasteiger partial charge on any atom is 0.314 e. The van der Waals surface area contributed by atoms with Gasteiger partial charge in [-0.3, -0.25) is 4.79 Å². The lowest BCUT2D eigenvalue weighted by molar-refractivity contribution is -0.146. The summed E-state index contributed by atoms with van der Waals surface area (Å²) in [4.78, 5) is 11.9. The molecule has 4 nitrogen and oxygen atoms in total. The zero-order chi connectivity index (χ0) is 14.6. The Balaban J connectivity index is 3.51. The van der Waals surface area contributed by atoms with Crippen LogP contribution in [0.1, 0.15) is 39.2 Å². The normalized spacial score (nSPS) is 14.2. The van der Waals surface area contributed by atoms with E-state index < -0.39 is 11.4 Å². The zero-order valence-corrected chi connectivity index (χ0v) is 12.1. The van der Waals surface area contributed by atoms with Crippen molar-refractivity contribution in [2.45, 2.75) is 39.0 Å². The van der Waals surface area contributed by atoms with Gasteiger partial charge in [0, 0.05) is 5.69 Å². The first-order valence-corrected chi connectivity index (χ1v) is 6.57. The van der Waals surface area contributed by atoms with Crippen LogP contribution in [0.25, 0.3) is 0 Å². The minimum Gasteiger partial charge on any atom is -0.497 e. The maximum absolute atomic E-state index is 11.9. The summed E-state index contributed by atoms with van der Waals surface area (Å²) >= 11 is 0. The van der Waals surface area contributed by atoms with Crippen molar-refractivity contribution in [2.75, 3.05) is 12.8 Å². The summed E-state index contributed by atoms with van der Waals surface area (Å²) in [5, 5.41) is 9.77.